The van der Waals surface area contributed by atoms with Crippen LogP contribution in [0.4, 0.5) is 4.79 Å². The fraction of sp³-hybridized carbons (Fsp3) is 0.438. The van der Waals surface area contributed by atoms with E-state index in [0.29, 0.717) is 47.6 Å². The van der Waals surface area contributed by atoms with Crippen LogP contribution in [0.2, 0.25) is 10.0 Å². The van der Waals surface area contributed by atoms with Crippen molar-refractivity contribution < 1.29 is 23.9 Å². The van der Waals surface area contributed by atoms with Gasteiger partial charge in [-0.15, -0.1) is 5.10 Å². The van der Waals surface area contributed by atoms with Crippen LogP contribution in [0.5, 0.6) is 0 Å². The summed E-state index contributed by atoms with van der Waals surface area (Å²) >= 11 is 13.1. The van der Waals surface area contributed by atoms with E-state index in [1.54, 1.807) is 44.5 Å². The largest absolute Gasteiger partial charge is 0.450 e. The van der Waals surface area contributed by atoms with Crippen molar-refractivity contribution in [3.63, 3.8) is 0 Å². The Hall–Kier alpha value is -4.00. The van der Waals surface area contributed by atoms with Gasteiger partial charge in [-0.25, -0.2) is 4.79 Å². The second kappa shape index (κ2) is 11.7. The third kappa shape index (κ3) is 4.85. The van der Waals surface area contributed by atoms with Crippen LogP contribution < -0.4 is 0 Å². The lowest BCUT2D eigenvalue weighted by atomic mass is 9.76. The summed E-state index contributed by atoms with van der Waals surface area (Å²) < 4.78 is 13.3. The summed E-state index contributed by atoms with van der Waals surface area (Å²) in [7, 11) is 0. The quantitative estimate of drug-likeness (QED) is 0.365. The summed E-state index contributed by atoms with van der Waals surface area (Å²) in [6, 6.07) is 10.2. The van der Waals surface area contributed by atoms with Gasteiger partial charge in [0.05, 0.1) is 36.8 Å². The summed E-state index contributed by atoms with van der Waals surface area (Å²) in [4.78, 5) is 46.0. The van der Waals surface area contributed by atoms with Gasteiger partial charge in [-0.3, -0.25) is 9.59 Å². The van der Waals surface area contributed by atoms with E-state index >= 15 is 0 Å². The first-order valence-corrected chi connectivity index (χ1v) is 16.1. The topological polar surface area (TPSA) is 123 Å². The van der Waals surface area contributed by atoms with E-state index in [1.807, 2.05) is 44.2 Å². The molecule has 0 radical (unpaired) electrons. The molecular formula is C32H33Cl2N7O5. The molecule has 0 saturated carbocycles. The average molecular weight is 667 g/mol. The molecule has 14 heteroatoms. The predicted molar refractivity (Wildman–Crippen MR) is 168 cm³/mol. The number of aryl methyl sites for hydroxylation is 2. The summed E-state index contributed by atoms with van der Waals surface area (Å²) in [5, 5.41) is 13.6. The van der Waals surface area contributed by atoms with E-state index in [4.69, 9.17) is 32.7 Å². The summed E-state index contributed by atoms with van der Waals surface area (Å²) in [5.74, 6) is -1.49. The zero-order chi connectivity index (χ0) is 32.3. The standard InChI is InChI=1S/C32H33Cl2N7O5/c1-4-45-31(44)39-14-12-38(13-15-39)29(42)24-23-10-11-32(46-23)17-40(30(43)25(24)32)27(21-9-8-20(33)16-22(21)34)28-35-36-37-41(28)26-18(2)6-5-7-19(26)3/h5-11,16,23-25,27H,4,12-15,17H2,1-3H3/t23-,24-,25-,27-,32+/m1/s1. The van der Waals surface area contributed by atoms with Crippen LogP contribution in [-0.4, -0.2) is 104 Å². The van der Waals surface area contributed by atoms with Gasteiger partial charge < -0.3 is 24.2 Å². The molecule has 3 aromatic rings. The summed E-state index contributed by atoms with van der Waals surface area (Å²) in [6.45, 7) is 7.56. The van der Waals surface area contributed by atoms with Crippen molar-refractivity contribution in [3.05, 3.63) is 81.1 Å². The van der Waals surface area contributed by atoms with E-state index in [0.717, 1.165) is 16.8 Å². The fourth-order valence-electron chi connectivity index (χ4n) is 7.40. The third-order valence-electron chi connectivity index (χ3n) is 9.49. The molecule has 7 rings (SSSR count). The zero-order valence-corrected chi connectivity index (χ0v) is 27.1. The van der Waals surface area contributed by atoms with Gasteiger partial charge in [0, 0.05) is 41.8 Å². The minimum atomic E-state index is -0.997. The summed E-state index contributed by atoms with van der Waals surface area (Å²) in [6.07, 6.45) is 2.88. The number of piperazine rings is 1. The highest BCUT2D eigenvalue weighted by Gasteiger charge is 2.68. The van der Waals surface area contributed by atoms with E-state index in [9.17, 15) is 14.4 Å². The number of hydrogen-bond donors (Lipinski definition) is 0. The van der Waals surface area contributed by atoms with Crippen molar-refractivity contribution in [1.82, 2.24) is 34.9 Å². The number of hydrogen-bond acceptors (Lipinski definition) is 8. The monoisotopic (exact) mass is 665 g/mol. The number of aromatic nitrogens is 4. The van der Waals surface area contributed by atoms with Gasteiger partial charge in [0.25, 0.3) is 0 Å². The highest BCUT2D eigenvalue weighted by molar-refractivity contribution is 6.35. The lowest BCUT2D eigenvalue weighted by molar-refractivity contribution is -0.144. The third-order valence-corrected chi connectivity index (χ3v) is 10.1. The Morgan fingerprint density at radius 1 is 1.09 bits per heavy atom. The van der Waals surface area contributed by atoms with Crippen LogP contribution in [-0.2, 0) is 19.1 Å². The smallest absolute Gasteiger partial charge is 0.409 e. The molecule has 2 bridgehead atoms. The number of tetrazole rings is 1. The number of rotatable bonds is 6. The van der Waals surface area contributed by atoms with Gasteiger partial charge in [0.1, 0.15) is 11.6 Å². The molecule has 3 saturated heterocycles. The predicted octanol–water partition coefficient (Wildman–Crippen LogP) is 3.76. The normalized spacial score (nSPS) is 25.7. The maximum Gasteiger partial charge on any atom is 0.409 e. The van der Waals surface area contributed by atoms with Crippen molar-refractivity contribution in [1.29, 1.82) is 0 Å². The number of carbonyl (C=O) groups is 3. The van der Waals surface area contributed by atoms with Crippen LogP contribution in [0.3, 0.4) is 0 Å². The summed E-state index contributed by atoms with van der Waals surface area (Å²) in [5.41, 5.74) is 2.31. The van der Waals surface area contributed by atoms with Crippen LogP contribution in [0.25, 0.3) is 5.69 Å². The number of para-hydroxylation sites is 1. The maximum absolute atomic E-state index is 14.7. The minimum Gasteiger partial charge on any atom is -0.450 e. The van der Waals surface area contributed by atoms with Crippen molar-refractivity contribution in [3.8, 4) is 5.69 Å². The highest BCUT2D eigenvalue weighted by Crippen LogP contribution is 2.54. The Bertz CT molecular complexity index is 1740. The zero-order valence-electron chi connectivity index (χ0n) is 25.6. The molecular weight excluding hydrogens is 633 g/mol. The fourth-order valence-corrected chi connectivity index (χ4v) is 7.91. The van der Waals surface area contributed by atoms with E-state index < -0.39 is 35.7 Å². The van der Waals surface area contributed by atoms with Gasteiger partial charge in [-0.2, -0.15) is 4.68 Å². The SMILES string of the molecule is CCOC(=O)N1CCN(C(=O)[C@@H]2[C@H]3C=C[C@@]4(CN([C@H](c5ccc(Cl)cc5Cl)c5nnnn5-c5c(C)cccc5C)C(=O)[C@@H]24)O3)CC1. The Kier molecular flexibility index (Phi) is 7.77. The maximum atomic E-state index is 14.7. The minimum absolute atomic E-state index is 0.165. The van der Waals surface area contributed by atoms with Crippen LogP contribution in [0, 0.1) is 25.7 Å². The molecule has 5 heterocycles. The van der Waals surface area contributed by atoms with E-state index in [-0.39, 0.29) is 25.0 Å². The number of carbonyl (C=O) groups excluding carboxylic acids is 3. The molecule has 0 N–H and O–H groups in total. The molecule has 1 spiro atoms. The number of fused-ring (bicyclic) bond motifs is 1. The first-order valence-electron chi connectivity index (χ1n) is 15.3. The number of halogens is 2. The molecule has 3 fully saturated rings. The Morgan fingerprint density at radius 3 is 2.50 bits per heavy atom. The molecule has 2 aromatic carbocycles. The van der Waals surface area contributed by atoms with Gasteiger partial charge in [-0.1, -0.05) is 59.6 Å². The number of benzene rings is 2. The molecule has 1 aromatic heterocycles. The first kappa shape index (κ1) is 30.6. The second-order valence-corrected chi connectivity index (χ2v) is 13.0. The highest BCUT2D eigenvalue weighted by atomic mass is 35.5. The molecule has 240 valence electrons. The first-order chi connectivity index (χ1) is 22.1. The lowest BCUT2D eigenvalue weighted by Crippen LogP contribution is -2.54. The van der Waals surface area contributed by atoms with E-state index in [1.165, 1.54) is 0 Å². The molecule has 5 atom stereocenters. The van der Waals surface area contributed by atoms with Crippen LogP contribution >= 0.6 is 23.2 Å². The second-order valence-electron chi connectivity index (χ2n) is 12.1. The molecule has 3 amide bonds. The Labute approximate surface area is 275 Å². The molecule has 12 nitrogen and oxygen atoms in total. The van der Waals surface area contributed by atoms with Gasteiger partial charge >= 0.3 is 6.09 Å². The van der Waals surface area contributed by atoms with E-state index in [2.05, 4.69) is 15.5 Å². The van der Waals surface area contributed by atoms with Crippen molar-refractivity contribution in [2.75, 3.05) is 39.3 Å². The lowest BCUT2D eigenvalue weighted by Gasteiger charge is -2.37. The average Bonchev–Trinajstić information content (AvgIpc) is 3.80. The van der Waals surface area contributed by atoms with Gasteiger partial charge in [0.2, 0.25) is 11.8 Å². The van der Waals surface area contributed by atoms with Crippen LogP contribution in [0.1, 0.15) is 35.5 Å². The van der Waals surface area contributed by atoms with Crippen molar-refractivity contribution in [2.24, 2.45) is 11.8 Å². The Morgan fingerprint density at radius 2 is 1.80 bits per heavy atom. The Balaban J connectivity index is 1.24. The molecule has 46 heavy (non-hydrogen) atoms. The van der Waals surface area contributed by atoms with Crippen LogP contribution in [0.15, 0.2) is 48.6 Å². The number of likely N-dealkylation sites (tertiary alicyclic amines) is 1. The molecule has 0 aliphatic carbocycles. The van der Waals surface area contributed by atoms with Crippen molar-refractivity contribution in [2.45, 2.75) is 38.5 Å². The molecule has 4 aliphatic heterocycles. The molecule has 0 unspecified atom stereocenters. The number of nitrogens with zero attached hydrogens (tertiary/aromatic N) is 7. The number of ether oxygens (including phenoxy) is 2. The van der Waals surface area contributed by atoms with Gasteiger partial charge in [-0.05, 0) is 54.5 Å². The van der Waals surface area contributed by atoms with Crippen molar-refractivity contribution >= 4 is 41.1 Å². The van der Waals surface area contributed by atoms with Gasteiger partial charge in [0.15, 0.2) is 5.82 Å². The number of amides is 3. The molecule has 4 aliphatic rings.